The fraction of sp³-hybridized carbons (Fsp3) is 0.389. The number of carbonyl (C=O) groups excluding carboxylic acids is 1. The summed E-state index contributed by atoms with van der Waals surface area (Å²) in [5.41, 5.74) is 0.275. The summed E-state index contributed by atoms with van der Waals surface area (Å²) in [6.45, 7) is 6.65. The first-order valence-electron chi connectivity index (χ1n) is 8.14. The third-order valence-corrected chi connectivity index (χ3v) is 4.59. The van der Waals surface area contributed by atoms with Gasteiger partial charge >= 0.3 is 0 Å². The maximum absolute atomic E-state index is 13.0. The Hall–Kier alpha value is -2.63. The fourth-order valence-electron chi connectivity index (χ4n) is 3.03. The zero-order valence-corrected chi connectivity index (χ0v) is 14.0. The summed E-state index contributed by atoms with van der Waals surface area (Å²) in [5, 5.41) is 6.50. The number of anilines is 1. The molecule has 0 unspecified atom stereocenters. The minimum absolute atomic E-state index is 0.141. The summed E-state index contributed by atoms with van der Waals surface area (Å²) in [4.78, 5) is 28.0. The molecule has 1 fully saturated rings. The topological polar surface area (TPSA) is 69.3 Å². The van der Waals surface area contributed by atoms with Gasteiger partial charge in [-0.3, -0.25) is 9.59 Å². The molecule has 2 heterocycles. The van der Waals surface area contributed by atoms with Gasteiger partial charge in [0.1, 0.15) is 5.82 Å². The fourth-order valence-corrected chi connectivity index (χ4v) is 3.03. The van der Waals surface area contributed by atoms with E-state index in [9.17, 15) is 9.59 Å². The van der Waals surface area contributed by atoms with Crippen LogP contribution in [0.1, 0.15) is 19.4 Å². The molecule has 1 aliphatic heterocycles. The molecule has 0 spiro atoms. The molecule has 0 radical (unpaired) electrons. The van der Waals surface area contributed by atoms with Crippen molar-refractivity contribution in [1.82, 2.24) is 15.1 Å². The van der Waals surface area contributed by atoms with E-state index >= 15 is 0 Å². The number of nitrogens with one attached hydrogen (secondary N) is 1. The summed E-state index contributed by atoms with van der Waals surface area (Å²) in [6.07, 6.45) is 0. The first-order valence-corrected chi connectivity index (χ1v) is 8.14. The molecule has 0 atom stereocenters. The molecule has 1 aromatic heterocycles. The van der Waals surface area contributed by atoms with Gasteiger partial charge < -0.3 is 9.80 Å². The highest BCUT2D eigenvalue weighted by Crippen LogP contribution is 2.26. The summed E-state index contributed by atoms with van der Waals surface area (Å²) in [5.74, 6) is 0.881. The van der Waals surface area contributed by atoms with Gasteiger partial charge in [-0.1, -0.05) is 30.3 Å². The Balaban J connectivity index is 1.67. The number of carbonyl (C=O) groups is 1. The highest BCUT2D eigenvalue weighted by molar-refractivity contribution is 5.87. The van der Waals surface area contributed by atoms with Gasteiger partial charge in [0.25, 0.3) is 5.56 Å². The third-order valence-electron chi connectivity index (χ3n) is 4.59. The quantitative estimate of drug-likeness (QED) is 0.925. The lowest BCUT2D eigenvalue weighted by molar-refractivity contribution is -0.136. The zero-order chi connectivity index (χ0) is 17.2. The average molecular weight is 326 g/mol. The van der Waals surface area contributed by atoms with Gasteiger partial charge in [0.15, 0.2) is 0 Å². The van der Waals surface area contributed by atoms with Crippen molar-refractivity contribution in [3.8, 4) is 0 Å². The molecule has 6 nitrogen and oxygen atoms in total. The number of piperazine rings is 1. The van der Waals surface area contributed by atoms with Crippen LogP contribution >= 0.6 is 0 Å². The molecule has 2 aromatic rings. The van der Waals surface area contributed by atoms with Crippen molar-refractivity contribution >= 4 is 11.7 Å². The van der Waals surface area contributed by atoms with Crippen molar-refractivity contribution in [2.24, 2.45) is 0 Å². The van der Waals surface area contributed by atoms with E-state index in [0.717, 1.165) is 11.4 Å². The van der Waals surface area contributed by atoms with Crippen molar-refractivity contribution in [3.63, 3.8) is 0 Å². The van der Waals surface area contributed by atoms with Crippen molar-refractivity contribution in [1.29, 1.82) is 0 Å². The van der Waals surface area contributed by atoms with Crippen molar-refractivity contribution in [2.45, 2.75) is 19.3 Å². The Morgan fingerprint density at radius 1 is 1.04 bits per heavy atom. The van der Waals surface area contributed by atoms with Gasteiger partial charge in [0.05, 0.1) is 5.41 Å². The molecule has 24 heavy (non-hydrogen) atoms. The number of benzene rings is 1. The van der Waals surface area contributed by atoms with Crippen LogP contribution in [0.15, 0.2) is 47.3 Å². The van der Waals surface area contributed by atoms with E-state index in [1.54, 1.807) is 6.07 Å². The van der Waals surface area contributed by atoms with Crippen LogP contribution in [0.25, 0.3) is 0 Å². The highest BCUT2D eigenvalue weighted by Gasteiger charge is 2.35. The second-order valence-corrected chi connectivity index (χ2v) is 6.55. The molecule has 1 aliphatic rings. The molecule has 0 bridgehead atoms. The Kier molecular flexibility index (Phi) is 4.38. The van der Waals surface area contributed by atoms with Crippen LogP contribution in [-0.4, -0.2) is 47.2 Å². The van der Waals surface area contributed by atoms with Gasteiger partial charge in [-0.15, -0.1) is 0 Å². The predicted molar refractivity (Wildman–Crippen MR) is 93.1 cm³/mol. The lowest BCUT2D eigenvalue weighted by atomic mass is 9.83. The smallest absolute Gasteiger partial charge is 0.264 e. The maximum Gasteiger partial charge on any atom is 0.264 e. The number of H-pyrrole nitrogens is 1. The van der Waals surface area contributed by atoms with Gasteiger partial charge in [-0.2, -0.15) is 5.10 Å². The van der Waals surface area contributed by atoms with Crippen LogP contribution in [0, 0.1) is 0 Å². The highest BCUT2D eigenvalue weighted by atomic mass is 16.2. The lowest BCUT2D eigenvalue weighted by Gasteiger charge is -2.39. The Morgan fingerprint density at radius 2 is 1.71 bits per heavy atom. The van der Waals surface area contributed by atoms with E-state index in [4.69, 9.17) is 0 Å². The van der Waals surface area contributed by atoms with Gasteiger partial charge in [0, 0.05) is 32.2 Å². The van der Waals surface area contributed by atoms with E-state index in [1.165, 1.54) is 6.07 Å². The first kappa shape index (κ1) is 16.2. The van der Waals surface area contributed by atoms with Gasteiger partial charge in [-0.05, 0) is 25.5 Å². The SMILES string of the molecule is CC(C)(C(=O)N1CCN(c2ccc(=O)[nH]n2)CC1)c1ccccc1. The van der Waals surface area contributed by atoms with Crippen LogP contribution < -0.4 is 10.5 Å². The largest absolute Gasteiger partial charge is 0.352 e. The third kappa shape index (κ3) is 3.18. The van der Waals surface area contributed by atoms with Crippen molar-refractivity contribution in [2.75, 3.05) is 31.1 Å². The Bertz CT molecular complexity index is 742. The van der Waals surface area contributed by atoms with Crippen molar-refractivity contribution < 1.29 is 4.79 Å². The lowest BCUT2D eigenvalue weighted by Crippen LogP contribution is -2.53. The molecular weight excluding hydrogens is 304 g/mol. The predicted octanol–water partition coefficient (Wildman–Crippen LogP) is 1.40. The molecule has 1 amide bonds. The van der Waals surface area contributed by atoms with Crippen LogP contribution in [-0.2, 0) is 10.2 Å². The maximum atomic E-state index is 13.0. The normalized spacial score (nSPS) is 15.4. The average Bonchev–Trinajstić information content (AvgIpc) is 2.62. The van der Waals surface area contributed by atoms with Crippen LogP contribution in [0.4, 0.5) is 5.82 Å². The van der Waals surface area contributed by atoms with E-state index in [-0.39, 0.29) is 11.5 Å². The molecule has 1 N–H and O–H groups in total. The first-order chi connectivity index (χ1) is 11.5. The molecule has 1 aromatic carbocycles. The van der Waals surface area contributed by atoms with Gasteiger partial charge in [0.2, 0.25) is 5.91 Å². The molecule has 0 aliphatic carbocycles. The number of hydrogen-bond donors (Lipinski definition) is 1. The van der Waals surface area contributed by atoms with E-state index in [0.29, 0.717) is 26.2 Å². The molecule has 6 heteroatoms. The molecule has 1 saturated heterocycles. The van der Waals surface area contributed by atoms with E-state index < -0.39 is 5.41 Å². The molecule has 3 rings (SSSR count). The molecule has 0 saturated carbocycles. The minimum atomic E-state index is -0.542. The summed E-state index contributed by atoms with van der Waals surface area (Å²) in [7, 11) is 0. The second-order valence-electron chi connectivity index (χ2n) is 6.55. The number of hydrogen-bond acceptors (Lipinski definition) is 4. The van der Waals surface area contributed by atoms with E-state index in [2.05, 4.69) is 15.1 Å². The zero-order valence-electron chi connectivity index (χ0n) is 14.0. The monoisotopic (exact) mass is 326 g/mol. The number of aromatic amines is 1. The van der Waals surface area contributed by atoms with Crippen LogP contribution in [0.3, 0.4) is 0 Å². The molecule has 126 valence electrons. The van der Waals surface area contributed by atoms with Gasteiger partial charge in [-0.25, -0.2) is 5.10 Å². The summed E-state index contributed by atoms with van der Waals surface area (Å²) in [6, 6.07) is 13.1. The Morgan fingerprint density at radius 3 is 2.29 bits per heavy atom. The summed E-state index contributed by atoms with van der Waals surface area (Å²) < 4.78 is 0. The number of aromatic nitrogens is 2. The number of nitrogens with zero attached hydrogens (tertiary/aromatic N) is 3. The molecular formula is C18H22N4O2. The van der Waals surface area contributed by atoms with Crippen LogP contribution in [0.5, 0.6) is 0 Å². The number of amides is 1. The van der Waals surface area contributed by atoms with Crippen molar-refractivity contribution in [3.05, 3.63) is 58.4 Å². The van der Waals surface area contributed by atoms with Crippen LogP contribution in [0.2, 0.25) is 0 Å². The minimum Gasteiger partial charge on any atom is -0.352 e. The van der Waals surface area contributed by atoms with E-state index in [1.807, 2.05) is 49.1 Å². The Labute approximate surface area is 141 Å². The summed E-state index contributed by atoms with van der Waals surface area (Å²) >= 11 is 0. The standard InChI is InChI=1S/C18H22N4O2/c1-18(2,14-6-4-3-5-7-14)17(24)22-12-10-21(11-13-22)15-8-9-16(23)20-19-15/h3-9H,10-13H2,1-2H3,(H,20,23). The second kappa shape index (κ2) is 6.47. The number of rotatable bonds is 3.